The first kappa shape index (κ1) is 14.8. The lowest BCUT2D eigenvalue weighted by Crippen LogP contribution is -2.25. The normalized spacial score (nSPS) is 10.7. The molecule has 0 fully saturated rings. The number of nitrogens with zero attached hydrogens (tertiary/aromatic N) is 2. The van der Waals surface area contributed by atoms with Crippen LogP contribution in [0.4, 0.5) is 5.82 Å². The van der Waals surface area contributed by atoms with Gasteiger partial charge in [-0.2, -0.15) is 0 Å². The van der Waals surface area contributed by atoms with E-state index in [2.05, 4.69) is 15.3 Å². The van der Waals surface area contributed by atoms with Gasteiger partial charge in [-0.25, -0.2) is 9.97 Å². The van der Waals surface area contributed by atoms with Crippen LogP contribution in [-0.2, 0) is 4.79 Å². The third-order valence-corrected chi connectivity index (χ3v) is 3.37. The van der Waals surface area contributed by atoms with E-state index in [-0.39, 0.29) is 11.8 Å². The molecule has 0 aliphatic rings. The Morgan fingerprint density at radius 1 is 1.50 bits per heavy atom. The summed E-state index contributed by atoms with van der Waals surface area (Å²) in [5, 5.41) is 3.63. The Morgan fingerprint density at radius 2 is 2.22 bits per heavy atom. The number of carbonyl (C=O) groups excluding carboxylic acids is 1. The zero-order chi connectivity index (χ0) is 13.5. The van der Waals surface area contributed by atoms with Crippen LogP contribution in [-0.4, -0.2) is 28.2 Å². The molecule has 0 saturated heterocycles. The molecule has 1 amide bonds. The van der Waals surface area contributed by atoms with E-state index >= 15 is 0 Å². The Bertz CT molecular complexity index is 409. The number of nitrogen functional groups attached to an aromatic ring is 1. The minimum atomic E-state index is 0.0220. The van der Waals surface area contributed by atoms with Gasteiger partial charge in [0.15, 0.2) is 0 Å². The van der Waals surface area contributed by atoms with Gasteiger partial charge in [-0.05, 0) is 12.3 Å². The molecule has 0 aliphatic carbocycles. The van der Waals surface area contributed by atoms with Crippen LogP contribution in [0.15, 0.2) is 11.4 Å². The van der Waals surface area contributed by atoms with Gasteiger partial charge >= 0.3 is 0 Å². The van der Waals surface area contributed by atoms with E-state index in [1.165, 1.54) is 18.1 Å². The summed E-state index contributed by atoms with van der Waals surface area (Å²) in [5.41, 5.74) is 6.77. The molecule has 0 spiro atoms. The minimum Gasteiger partial charge on any atom is -0.383 e. The highest BCUT2D eigenvalue weighted by Gasteiger charge is 2.14. The van der Waals surface area contributed by atoms with Crippen LogP contribution in [0, 0.1) is 0 Å². The van der Waals surface area contributed by atoms with E-state index < -0.39 is 0 Å². The largest absolute Gasteiger partial charge is 0.383 e. The molecule has 18 heavy (non-hydrogen) atoms. The van der Waals surface area contributed by atoms with Crippen LogP contribution in [0.5, 0.6) is 0 Å². The Balaban J connectivity index is 2.67. The minimum absolute atomic E-state index is 0.0220. The molecule has 5 nitrogen and oxygen atoms in total. The van der Waals surface area contributed by atoms with Crippen molar-refractivity contribution in [2.75, 3.05) is 18.0 Å². The van der Waals surface area contributed by atoms with Gasteiger partial charge < -0.3 is 11.1 Å². The van der Waals surface area contributed by atoms with Gasteiger partial charge in [0.25, 0.3) is 0 Å². The van der Waals surface area contributed by atoms with Crippen LogP contribution >= 0.6 is 11.8 Å². The first-order valence-corrected chi connectivity index (χ1v) is 7.04. The molecule has 1 heterocycles. The molecule has 0 atom stereocenters. The number of nitrogens with two attached hydrogens (primary N) is 1. The number of carbonyl (C=O) groups is 1. The molecule has 0 radical (unpaired) electrons. The second-order valence-electron chi connectivity index (χ2n) is 4.27. The molecule has 0 aromatic carbocycles. The monoisotopic (exact) mass is 268 g/mol. The molecule has 0 unspecified atom stereocenters. The van der Waals surface area contributed by atoms with Gasteiger partial charge in [0.2, 0.25) is 5.91 Å². The molecular weight excluding hydrogens is 248 g/mol. The standard InChI is InChI=1S/C12H20N4OS/c1-4-5-14-9(17)6-18-12-10(8(2)3)11(13)15-7-16-12/h7-8H,4-6H2,1-3H3,(H,14,17)(H2,13,15,16). The first-order valence-electron chi connectivity index (χ1n) is 6.06. The summed E-state index contributed by atoms with van der Waals surface area (Å²) in [5.74, 6) is 1.12. The average molecular weight is 268 g/mol. The second-order valence-corrected chi connectivity index (χ2v) is 5.24. The van der Waals surface area contributed by atoms with Crippen molar-refractivity contribution in [3.05, 3.63) is 11.9 Å². The Labute approximate surface area is 112 Å². The van der Waals surface area contributed by atoms with E-state index in [4.69, 9.17) is 5.73 Å². The molecule has 0 bridgehead atoms. The SMILES string of the molecule is CCCNC(=O)CSc1ncnc(N)c1C(C)C. The van der Waals surface area contributed by atoms with E-state index in [0.717, 1.165) is 17.0 Å². The van der Waals surface area contributed by atoms with Gasteiger partial charge in [0.1, 0.15) is 17.2 Å². The van der Waals surface area contributed by atoms with Gasteiger partial charge in [-0.1, -0.05) is 32.5 Å². The number of anilines is 1. The van der Waals surface area contributed by atoms with Crippen molar-refractivity contribution in [3.63, 3.8) is 0 Å². The lowest BCUT2D eigenvalue weighted by Gasteiger charge is -2.12. The number of nitrogens with one attached hydrogen (secondary N) is 1. The molecule has 100 valence electrons. The van der Waals surface area contributed by atoms with Crippen molar-refractivity contribution < 1.29 is 4.79 Å². The predicted molar refractivity (Wildman–Crippen MR) is 74.6 cm³/mol. The molecule has 1 aromatic rings. The number of hydrogen-bond acceptors (Lipinski definition) is 5. The zero-order valence-electron chi connectivity index (χ0n) is 11.1. The number of amides is 1. The highest BCUT2D eigenvalue weighted by molar-refractivity contribution is 7.99. The summed E-state index contributed by atoms with van der Waals surface area (Å²) < 4.78 is 0. The maximum atomic E-state index is 11.5. The second kappa shape index (κ2) is 7.20. The summed E-state index contributed by atoms with van der Waals surface area (Å²) >= 11 is 1.40. The fourth-order valence-electron chi connectivity index (χ4n) is 1.50. The zero-order valence-corrected chi connectivity index (χ0v) is 11.9. The van der Waals surface area contributed by atoms with Crippen LogP contribution < -0.4 is 11.1 Å². The third kappa shape index (κ3) is 4.18. The van der Waals surface area contributed by atoms with Crippen molar-refractivity contribution in [1.29, 1.82) is 0 Å². The summed E-state index contributed by atoms with van der Waals surface area (Å²) in [6.07, 6.45) is 2.38. The van der Waals surface area contributed by atoms with E-state index in [1.807, 2.05) is 20.8 Å². The molecule has 6 heteroatoms. The quantitative estimate of drug-likeness (QED) is 0.607. The lowest BCUT2D eigenvalue weighted by atomic mass is 10.1. The fraction of sp³-hybridized carbons (Fsp3) is 0.583. The van der Waals surface area contributed by atoms with E-state index in [0.29, 0.717) is 18.1 Å². The molecule has 1 aromatic heterocycles. The predicted octanol–water partition coefficient (Wildman–Crippen LogP) is 1.80. The summed E-state index contributed by atoms with van der Waals surface area (Å²) in [4.78, 5) is 19.7. The summed E-state index contributed by atoms with van der Waals surface area (Å²) in [6.45, 7) is 6.81. The Hall–Kier alpha value is -1.30. The molecule has 1 rings (SSSR count). The molecule has 3 N–H and O–H groups in total. The highest BCUT2D eigenvalue weighted by atomic mass is 32.2. The number of hydrogen-bond donors (Lipinski definition) is 2. The van der Waals surface area contributed by atoms with Crippen molar-refractivity contribution >= 4 is 23.5 Å². The summed E-state index contributed by atoms with van der Waals surface area (Å²) in [6, 6.07) is 0. The van der Waals surface area contributed by atoms with Crippen molar-refractivity contribution in [2.45, 2.75) is 38.1 Å². The smallest absolute Gasteiger partial charge is 0.230 e. The van der Waals surface area contributed by atoms with Crippen molar-refractivity contribution in [3.8, 4) is 0 Å². The molecular formula is C12H20N4OS. The topological polar surface area (TPSA) is 80.9 Å². The first-order chi connectivity index (χ1) is 8.56. The number of thioether (sulfide) groups is 1. The Morgan fingerprint density at radius 3 is 2.83 bits per heavy atom. The highest BCUT2D eigenvalue weighted by Crippen LogP contribution is 2.29. The van der Waals surface area contributed by atoms with E-state index in [9.17, 15) is 4.79 Å². The van der Waals surface area contributed by atoms with E-state index in [1.54, 1.807) is 0 Å². The lowest BCUT2D eigenvalue weighted by molar-refractivity contribution is -0.118. The van der Waals surface area contributed by atoms with Gasteiger partial charge in [0.05, 0.1) is 5.75 Å². The Kier molecular flexibility index (Phi) is 5.91. The fourth-order valence-corrected chi connectivity index (χ4v) is 2.49. The van der Waals surface area contributed by atoms with Crippen LogP contribution in [0.2, 0.25) is 0 Å². The maximum Gasteiger partial charge on any atom is 0.230 e. The maximum absolute atomic E-state index is 11.5. The van der Waals surface area contributed by atoms with Gasteiger partial charge in [-0.15, -0.1) is 0 Å². The van der Waals surface area contributed by atoms with Gasteiger partial charge in [-0.3, -0.25) is 4.79 Å². The van der Waals surface area contributed by atoms with Crippen LogP contribution in [0.3, 0.4) is 0 Å². The average Bonchev–Trinajstić information content (AvgIpc) is 2.33. The van der Waals surface area contributed by atoms with Crippen LogP contribution in [0.1, 0.15) is 38.7 Å². The van der Waals surface area contributed by atoms with Crippen molar-refractivity contribution in [1.82, 2.24) is 15.3 Å². The van der Waals surface area contributed by atoms with Crippen molar-refractivity contribution in [2.24, 2.45) is 0 Å². The number of aromatic nitrogens is 2. The molecule has 0 saturated carbocycles. The van der Waals surface area contributed by atoms with Crippen LogP contribution in [0.25, 0.3) is 0 Å². The third-order valence-electron chi connectivity index (χ3n) is 2.37. The number of rotatable bonds is 6. The van der Waals surface area contributed by atoms with Gasteiger partial charge in [0, 0.05) is 12.1 Å². The summed E-state index contributed by atoms with van der Waals surface area (Å²) in [7, 11) is 0. The molecule has 0 aliphatic heterocycles.